The van der Waals surface area contributed by atoms with Gasteiger partial charge in [-0.25, -0.2) is 13.9 Å². The van der Waals surface area contributed by atoms with Gasteiger partial charge in [-0.05, 0) is 64.0 Å². The zero-order valence-corrected chi connectivity index (χ0v) is 22.5. The van der Waals surface area contributed by atoms with E-state index >= 15 is 0 Å². The molecule has 8 nitrogen and oxygen atoms in total. The van der Waals surface area contributed by atoms with E-state index in [0.717, 1.165) is 54.1 Å². The lowest BCUT2D eigenvalue weighted by molar-refractivity contribution is 0.187. The molecule has 0 unspecified atom stereocenters. The van der Waals surface area contributed by atoms with Crippen LogP contribution < -0.4 is 15.2 Å². The van der Waals surface area contributed by atoms with Crippen molar-refractivity contribution >= 4 is 39.6 Å². The summed E-state index contributed by atoms with van der Waals surface area (Å²) < 4.78 is 17.6. The lowest BCUT2D eigenvalue weighted by Gasteiger charge is -2.44. The van der Waals surface area contributed by atoms with Gasteiger partial charge in [-0.2, -0.15) is 5.10 Å². The summed E-state index contributed by atoms with van der Waals surface area (Å²) >= 11 is 1.43. The molecule has 2 N–H and O–H groups in total. The van der Waals surface area contributed by atoms with Gasteiger partial charge in [0.1, 0.15) is 0 Å². The van der Waals surface area contributed by atoms with E-state index in [0.29, 0.717) is 4.90 Å². The van der Waals surface area contributed by atoms with Gasteiger partial charge in [-0.1, -0.05) is 24.2 Å². The number of benzene rings is 1. The van der Waals surface area contributed by atoms with E-state index in [-0.39, 0.29) is 21.8 Å². The summed E-state index contributed by atoms with van der Waals surface area (Å²) in [6.45, 7) is 7.75. The minimum absolute atomic E-state index is 0.0400. The van der Waals surface area contributed by atoms with Crippen molar-refractivity contribution in [2.45, 2.75) is 73.5 Å². The molecule has 3 aromatic rings. The molecule has 1 spiro atoms. The Morgan fingerprint density at radius 1 is 1.17 bits per heavy atom. The Balaban J connectivity index is 1.30. The lowest BCUT2D eigenvalue weighted by Crippen LogP contribution is -2.51. The summed E-state index contributed by atoms with van der Waals surface area (Å²) in [6.07, 6.45) is 8.94. The van der Waals surface area contributed by atoms with Gasteiger partial charge >= 0.3 is 0 Å². The minimum atomic E-state index is -1.06. The van der Waals surface area contributed by atoms with Crippen molar-refractivity contribution < 1.29 is 4.21 Å². The number of H-pyrrole nitrogens is 1. The molecule has 2 atom stereocenters. The summed E-state index contributed by atoms with van der Waals surface area (Å²) in [7, 11) is 0.748. The Labute approximate surface area is 212 Å². The molecule has 1 saturated heterocycles. The molecule has 0 bridgehead atoms. The second kappa shape index (κ2) is 9.37. The molecule has 1 saturated carbocycles. The van der Waals surface area contributed by atoms with Gasteiger partial charge in [0.25, 0.3) is 5.56 Å². The largest absolute Gasteiger partial charge is 0.342 e. The van der Waals surface area contributed by atoms with Crippen LogP contribution in [-0.4, -0.2) is 47.8 Å². The molecule has 0 radical (unpaired) electrons. The number of nitrogens with zero attached hydrogens (tertiary/aromatic N) is 4. The standard InChI is InChI=1S/C25H34N6O2S2/c1-24(2,3)35(33)29-21-9-6-10-25(21)11-13-31(14-12-25)23-26-16-20(22(32)30(23)4)34-19-8-5-7-18-17(19)15-27-28-18/h5,7-8,15-16,21,29H,6,9-14H2,1-4H3,(H,27,28)/t21-,35-/m1/s1. The van der Waals surface area contributed by atoms with Crippen LogP contribution in [0.4, 0.5) is 5.95 Å². The smallest absolute Gasteiger partial charge is 0.268 e. The second-order valence-electron chi connectivity index (χ2n) is 10.8. The van der Waals surface area contributed by atoms with E-state index in [9.17, 15) is 9.00 Å². The molecule has 188 valence electrons. The number of hydrogen-bond donors (Lipinski definition) is 2. The first-order chi connectivity index (χ1) is 16.7. The van der Waals surface area contributed by atoms with Crippen LogP contribution in [0.3, 0.4) is 0 Å². The van der Waals surface area contributed by atoms with Gasteiger partial charge in [0.05, 0.1) is 38.5 Å². The Hall–Kier alpha value is -2.17. The van der Waals surface area contributed by atoms with E-state index in [1.807, 2.05) is 46.0 Å². The van der Waals surface area contributed by atoms with Crippen molar-refractivity contribution in [2.75, 3.05) is 18.0 Å². The van der Waals surface area contributed by atoms with Gasteiger partial charge in [-0.3, -0.25) is 14.5 Å². The van der Waals surface area contributed by atoms with Crippen molar-refractivity contribution in [1.82, 2.24) is 24.5 Å². The summed E-state index contributed by atoms with van der Waals surface area (Å²) in [5.74, 6) is 0.719. The number of fused-ring (bicyclic) bond motifs is 1. The number of nitrogens with one attached hydrogen (secondary N) is 2. The maximum atomic E-state index is 13.2. The molecular formula is C25H34N6O2S2. The van der Waals surface area contributed by atoms with Crippen LogP contribution in [0.2, 0.25) is 0 Å². The molecule has 1 aliphatic carbocycles. The fourth-order valence-electron chi connectivity index (χ4n) is 5.41. The lowest BCUT2D eigenvalue weighted by atomic mass is 9.74. The van der Waals surface area contributed by atoms with Crippen molar-refractivity contribution in [2.24, 2.45) is 12.5 Å². The second-order valence-corrected chi connectivity index (χ2v) is 13.9. The summed E-state index contributed by atoms with van der Waals surface area (Å²) in [6, 6.07) is 6.21. The predicted molar refractivity (Wildman–Crippen MR) is 142 cm³/mol. The summed E-state index contributed by atoms with van der Waals surface area (Å²) in [4.78, 5) is 21.8. The third-order valence-corrected chi connectivity index (χ3v) is 10.2. The molecule has 1 aliphatic heterocycles. The fourth-order valence-corrected chi connectivity index (χ4v) is 7.37. The Kier molecular flexibility index (Phi) is 6.56. The highest BCUT2D eigenvalue weighted by atomic mass is 32.2. The van der Waals surface area contributed by atoms with Gasteiger partial charge in [0.15, 0.2) is 0 Å². The molecule has 5 rings (SSSR count). The van der Waals surface area contributed by atoms with Crippen molar-refractivity contribution in [3.05, 3.63) is 40.9 Å². The molecular weight excluding hydrogens is 480 g/mol. The van der Waals surface area contributed by atoms with E-state index in [1.54, 1.807) is 17.0 Å². The number of rotatable bonds is 5. The SMILES string of the molecule is Cn1c(N2CCC3(CCC[C@H]3N[S@](=O)C(C)(C)C)CC2)ncc(Sc2cccc3[nH]ncc23)c1=O. The fraction of sp³-hybridized carbons (Fsp3) is 0.560. The Morgan fingerprint density at radius 2 is 1.94 bits per heavy atom. The van der Waals surface area contributed by atoms with Crippen LogP contribution in [0.5, 0.6) is 0 Å². The highest BCUT2D eigenvalue weighted by Crippen LogP contribution is 2.47. The number of aromatic amines is 1. The zero-order chi connectivity index (χ0) is 24.8. The third-order valence-electron chi connectivity index (χ3n) is 7.53. The van der Waals surface area contributed by atoms with Gasteiger partial charge in [-0.15, -0.1) is 0 Å². The quantitative estimate of drug-likeness (QED) is 0.534. The van der Waals surface area contributed by atoms with E-state index in [4.69, 9.17) is 4.98 Å². The first-order valence-corrected chi connectivity index (χ1v) is 14.2. The number of hydrogen-bond acceptors (Lipinski definition) is 6. The Morgan fingerprint density at radius 3 is 2.69 bits per heavy atom. The molecule has 1 aromatic carbocycles. The highest BCUT2D eigenvalue weighted by molar-refractivity contribution is 7.99. The monoisotopic (exact) mass is 514 g/mol. The molecule has 0 amide bonds. The topological polar surface area (TPSA) is 95.9 Å². The maximum Gasteiger partial charge on any atom is 0.268 e. The predicted octanol–water partition coefficient (Wildman–Crippen LogP) is 4.00. The van der Waals surface area contributed by atoms with Crippen LogP contribution in [-0.2, 0) is 18.0 Å². The number of piperidine rings is 1. The molecule has 35 heavy (non-hydrogen) atoms. The maximum absolute atomic E-state index is 13.2. The van der Waals surface area contributed by atoms with Crippen LogP contribution in [0, 0.1) is 5.41 Å². The average molecular weight is 515 g/mol. The van der Waals surface area contributed by atoms with Gasteiger partial charge in [0.2, 0.25) is 5.95 Å². The van der Waals surface area contributed by atoms with Crippen LogP contribution in [0.25, 0.3) is 10.9 Å². The molecule has 2 fully saturated rings. The average Bonchev–Trinajstić information content (AvgIpc) is 3.45. The number of aromatic nitrogens is 4. The Bertz CT molecular complexity index is 1300. The third kappa shape index (κ3) is 4.68. The minimum Gasteiger partial charge on any atom is -0.342 e. The van der Waals surface area contributed by atoms with Crippen LogP contribution in [0.1, 0.15) is 52.9 Å². The van der Waals surface area contributed by atoms with Crippen LogP contribution in [0.15, 0.2) is 45.2 Å². The molecule has 3 heterocycles. The molecule has 2 aromatic heterocycles. The zero-order valence-electron chi connectivity index (χ0n) is 20.8. The van der Waals surface area contributed by atoms with Crippen molar-refractivity contribution in [3.63, 3.8) is 0 Å². The summed E-state index contributed by atoms with van der Waals surface area (Å²) in [5.41, 5.74) is 1.08. The van der Waals surface area contributed by atoms with Gasteiger partial charge in [0, 0.05) is 36.5 Å². The first-order valence-electron chi connectivity index (χ1n) is 12.3. The molecule has 2 aliphatic rings. The van der Waals surface area contributed by atoms with E-state index < -0.39 is 11.0 Å². The van der Waals surface area contributed by atoms with Gasteiger partial charge < -0.3 is 4.90 Å². The van der Waals surface area contributed by atoms with Crippen LogP contribution >= 0.6 is 11.8 Å². The summed E-state index contributed by atoms with van der Waals surface area (Å²) in [5, 5.41) is 8.09. The highest BCUT2D eigenvalue weighted by Gasteiger charge is 2.46. The van der Waals surface area contributed by atoms with E-state index in [1.165, 1.54) is 24.6 Å². The van der Waals surface area contributed by atoms with E-state index in [2.05, 4.69) is 19.8 Å². The first kappa shape index (κ1) is 24.5. The normalized spacial score (nSPS) is 21.1. The number of anilines is 1. The van der Waals surface area contributed by atoms with Crippen molar-refractivity contribution in [1.29, 1.82) is 0 Å². The molecule has 10 heteroatoms. The van der Waals surface area contributed by atoms with Crippen molar-refractivity contribution in [3.8, 4) is 0 Å².